The highest BCUT2D eigenvalue weighted by atomic mass is 32.1. The van der Waals surface area contributed by atoms with Crippen molar-refractivity contribution >= 4 is 23.1 Å². The van der Waals surface area contributed by atoms with Gasteiger partial charge in [-0.05, 0) is 44.0 Å². The molecule has 3 aromatic rings. The second kappa shape index (κ2) is 8.14. The Hall–Kier alpha value is -2.67. The van der Waals surface area contributed by atoms with Gasteiger partial charge in [-0.15, -0.1) is 11.3 Å². The van der Waals surface area contributed by atoms with Gasteiger partial charge in [-0.25, -0.2) is 4.98 Å². The van der Waals surface area contributed by atoms with Gasteiger partial charge >= 0.3 is 0 Å². The van der Waals surface area contributed by atoms with Crippen molar-refractivity contribution in [2.24, 2.45) is 5.92 Å². The molecule has 1 aromatic carbocycles. The molecule has 0 atom stereocenters. The van der Waals surface area contributed by atoms with Crippen molar-refractivity contribution in [1.29, 1.82) is 0 Å². The molecule has 6 nitrogen and oxygen atoms in total. The Morgan fingerprint density at radius 1 is 1.21 bits per heavy atom. The van der Waals surface area contributed by atoms with Crippen molar-refractivity contribution in [3.8, 4) is 22.1 Å². The number of ether oxygens (including phenoxy) is 1. The third-order valence-corrected chi connectivity index (χ3v) is 5.93. The van der Waals surface area contributed by atoms with Gasteiger partial charge in [-0.1, -0.05) is 19.3 Å². The van der Waals surface area contributed by atoms with Crippen molar-refractivity contribution in [2.75, 3.05) is 12.4 Å². The summed E-state index contributed by atoms with van der Waals surface area (Å²) >= 11 is 1.50. The molecule has 2 heterocycles. The molecule has 1 aliphatic rings. The maximum Gasteiger partial charge on any atom is 0.228 e. The average molecular weight is 397 g/mol. The van der Waals surface area contributed by atoms with Crippen LogP contribution in [0.5, 0.6) is 5.75 Å². The van der Waals surface area contributed by atoms with Crippen LogP contribution in [0.3, 0.4) is 0 Å². The fourth-order valence-electron chi connectivity index (χ4n) is 3.58. The second-order valence-corrected chi connectivity index (χ2v) is 7.99. The number of nitrogens with one attached hydrogen (secondary N) is 1. The molecule has 28 heavy (non-hydrogen) atoms. The molecule has 1 aliphatic carbocycles. The number of aromatic nitrogens is 3. The smallest absolute Gasteiger partial charge is 0.228 e. The van der Waals surface area contributed by atoms with Gasteiger partial charge in [-0.2, -0.15) is 9.78 Å². The highest BCUT2D eigenvalue weighted by Crippen LogP contribution is 2.29. The Morgan fingerprint density at radius 2 is 1.96 bits per heavy atom. The lowest BCUT2D eigenvalue weighted by Crippen LogP contribution is -2.25. The normalized spacial score (nSPS) is 14.8. The number of amides is 1. The third-order valence-electron chi connectivity index (χ3n) is 5.12. The maximum absolute atomic E-state index is 12.7. The summed E-state index contributed by atoms with van der Waals surface area (Å²) in [6, 6.07) is 9.70. The van der Waals surface area contributed by atoms with Crippen LogP contribution < -0.4 is 10.1 Å². The number of benzene rings is 1. The van der Waals surface area contributed by atoms with Crippen molar-refractivity contribution in [3.05, 3.63) is 41.4 Å². The molecule has 7 heteroatoms. The highest BCUT2D eigenvalue weighted by molar-refractivity contribution is 7.12. The van der Waals surface area contributed by atoms with Gasteiger partial charge < -0.3 is 10.1 Å². The minimum absolute atomic E-state index is 0.0905. The number of carbonyl (C=O) groups is 1. The molecule has 1 N–H and O–H groups in total. The van der Waals surface area contributed by atoms with Crippen LogP contribution in [0.4, 0.5) is 5.82 Å². The number of anilines is 1. The van der Waals surface area contributed by atoms with Crippen LogP contribution in [0.1, 0.15) is 37.8 Å². The standard InChI is InChI=1S/C21H24N4O2S/c1-14-12-19(23-20(26)16-6-4-3-5-7-16)25(24-14)21-22-18(13-28-21)15-8-10-17(27-2)11-9-15/h8-13,16H,3-7H2,1-2H3,(H,23,26). The van der Waals surface area contributed by atoms with Gasteiger partial charge in [0, 0.05) is 22.9 Å². The summed E-state index contributed by atoms with van der Waals surface area (Å²) in [6.45, 7) is 1.92. The number of hydrogen-bond acceptors (Lipinski definition) is 5. The lowest BCUT2D eigenvalue weighted by molar-refractivity contribution is -0.120. The van der Waals surface area contributed by atoms with E-state index in [9.17, 15) is 4.79 Å². The minimum Gasteiger partial charge on any atom is -0.497 e. The predicted octanol–water partition coefficient (Wildman–Crippen LogP) is 4.83. The molecule has 1 amide bonds. The van der Waals surface area contributed by atoms with Gasteiger partial charge in [0.05, 0.1) is 18.5 Å². The third kappa shape index (κ3) is 3.94. The minimum atomic E-state index is 0.0905. The lowest BCUT2D eigenvalue weighted by atomic mass is 9.89. The van der Waals surface area contributed by atoms with Crippen molar-refractivity contribution in [3.63, 3.8) is 0 Å². The molecule has 1 fully saturated rings. The zero-order chi connectivity index (χ0) is 19.5. The van der Waals surface area contributed by atoms with Crippen LogP contribution in [-0.4, -0.2) is 27.8 Å². The number of nitrogens with zero attached hydrogens (tertiary/aromatic N) is 3. The summed E-state index contributed by atoms with van der Waals surface area (Å²) in [5.74, 6) is 1.69. The summed E-state index contributed by atoms with van der Waals surface area (Å²) in [7, 11) is 1.65. The van der Waals surface area contributed by atoms with Gasteiger partial charge in [0.1, 0.15) is 11.6 Å². The van der Waals surface area contributed by atoms with E-state index in [0.717, 1.165) is 53.5 Å². The Balaban J connectivity index is 1.56. The Kier molecular flexibility index (Phi) is 5.43. The number of methoxy groups -OCH3 is 1. The monoisotopic (exact) mass is 396 g/mol. The van der Waals surface area contributed by atoms with Crippen molar-refractivity contribution in [2.45, 2.75) is 39.0 Å². The highest BCUT2D eigenvalue weighted by Gasteiger charge is 2.23. The van der Waals surface area contributed by atoms with E-state index < -0.39 is 0 Å². The maximum atomic E-state index is 12.7. The van der Waals surface area contributed by atoms with E-state index in [1.54, 1.807) is 11.8 Å². The number of hydrogen-bond donors (Lipinski definition) is 1. The summed E-state index contributed by atoms with van der Waals surface area (Å²) < 4.78 is 6.94. The molecule has 0 spiro atoms. The van der Waals surface area contributed by atoms with Crippen LogP contribution in [0, 0.1) is 12.8 Å². The van der Waals surface area contributed by atoms with E-state index >= 15 is 0 Å². The molecule has 0 bridgehead atoms. The molecular weight excluding hydrogens is 372 g/mol. The molecular formula is C21H24N4O2S. The molecule has 0 radical (unpaired) electrons. The van der Waals surface area contributed by atoms with Crippen LogP contribution in [0.2, 0.25) is 0 Å². The first-order chi connectivity index (χ1) is 13.6. The van der Waals surface area contributed by atoms with Crippen molar-refractivity contribution < 1.29 is 9.53 Å². The molecule has 146 valence electrons. The number of carbonyl (C=O) groups excluding carboxylic acids is 1. The predicted molar refractivity (Wildman–Crippen MR) is 111 cm³/mol. The quantitative estimate of drug-likeness (QED) is 0.670. The Bertz CT molecular complexity index is 955. The van der Waals surface area contributed by atoms with E-state index in [1.165, 1.54) is 17.8 Å². The number of rotatable bonds is 5. The van der Waals surface area contributed by atoms with Crippen LogP contribution in [0.25, 0.3) is 16.4 Å². The molecule has 1 saturated carbocycles. The van der Waals surface area contributed by atoms with E-state index in [1.807, 2.05) is 42.6 Å². The Labute approximate surface area is 168 Å². The molecule has 2 aromatic heterocycles. The Morgan fingerprint density at radius 3 is 2.68 bits per heavy atom. The number of thiazole rings is 1. The molecule has 0 aliphatic heterocycles. The van der Waals surface area contributed by atoms with Crippen LogP contribution in [0.15, 0.2) is 35.7 Å². The zero-order valence-corrected chi connectivity index (χ0v) is 17.0. The van der Waals surface area contributed by atoms with E-state index in [-0.39, 0.29) is 11.8 Å². The zero-order valence-electron chi connectivity index (χ0n) is 16.1. The molecule has 0 saturated heterocycles. The average Bonchev–Trinajstić information content (AvgIpc) is 3.35. The summed E-state index contributed by atoms with van der Waals surface area (Å²) in [4.78, 5) is 17.4. The SMILES string of the molecule is COc1ccc(-c2csc(-n3nc(C)cc3NC(=O)C3CCCCC3)n2)cc1. The summed E-state index contributed by atoms with van der Waals surface area (Å²) in [6.07, 6.45) is 5.44. The van der Waals surface area contributed by atoms with Crippen LogP contribution in [-0.2, 0) is 4.79 Å². The summed E-state index contributed by atoms with van der Waals surface area (Å²) in [5, 5.41) is 10.4. The topological polar surface area (TPSA) is 69.0 Å². The van der Waals surface area contributed by atoms with E-state index in [2.05, 4.69) is 10.4 Å². The first-order valence-corrected chi connectivity index (χ1v) is 10.5. The fourth-order valence-corrected chi connectivity index (χ4v) is 4.38. The van der Waals surface area contributed by atoms with Gasteiger partial charge in [0.15, 0.2) is 0 Å². The lowest BCUT2D eigenvalue weighted by Gasteiger charge is -2.20. The van der Waals surface area contributed by atoms with Gasteiger partial charge in [-0.3, -0.25) is 4.79 Å². The fraction of sp³-hybridized carbons (Fsp3) is 0.381. The molecule has 4 rings (SSSR count). The second-order valence-electron chi connectivity index (χ2n) is 7.15. The summed E-state index contributed by atoms with van der Waals surface area (Å²) in [5.41, 5.74) is 2.74. The largest absolute Gasteiger partial charge is 0.497 e. The van der Waals surface area contributed by atoms with Gasteiger partial charge in [0.2, 0.25) is 11.0 Å². The van der Waals surface area contributed by atoms with Crippen molar-refractivity contribution in [1.82, 2.24) is 14.8 Å². The van der Waals surface area contributed by atoms with Crippen LogP contribution >= 0.6 is 11.3 Å². The molecule has 0 unspecified atom stereocenters. The van der Waals surface area contributed by atoms with Gasteiger partial charge in [0.25, 0.3) is 0 Å². The van der Waals surface area contributed by atoms with E-state index in [0.29, 0.717) is 5.82 Å². The first kappa shape index (κ1) is 18.7. The van der Waals surface area contributed by atoms with E-state index in [4.69, 9.17) is 9.72 Å². The first-order valence-electron chi connectivity index (χ1n) is 9.62. The number of aryl methyl sites for hydroxylation is 1.